The van der Waals surface area contributed by atoms with Gasteiger partial charge in [0.2, 0.25) is 5.91 Å². The Labute approximate surface area is 160 Å². The standard InChI is InChI=1S/C20H24N2O4S/c1-4-16-7-5-6-8-18(16)21-19(23)13-22(2)20(24)17-11-9-15(10-12-17)14-27(3,25)26/h5-12H,4,13-14H2,1-3H3,(H,21,23). The lowest BCUT2D eigenvalue weighted by atomic mass is 10.1. The normalized spacial score (nSPS) is 11.1. The SMILES string of the molecule is CCc1ccccc1NC(=O)CN(C)C(=O)c1ccc(CS(C)(=O)=O)cc1. The Morgan fingerprint density at radius 1 is 1.04 bits per heavy atom. The monoisotopic (exact) mass is 388 g/mol. The molecule has 6 nitrogen and oxygen atoms in total. The summed E-state index contributed by atoms with van der Waals surface area (Å²) in [5, 5.41) is 2.83. The van der Waals surface area contributed by atoms with Gasteiger partial charge in [-0.2, -0.15) is 0 Å². The fourth-order valence-corrected chi connectivity index (χ4v) is 3.49. The van der Waals surface area contributed by atoms with E-state index in [1.807, 2.05) is 31.2 Å². The number of sulfone groups is 1. The molecule has 0 unspecified atom stereocenters. The van der Waals surface area contributed by atoms with Gasteiger partial charge < -0.3 is 10.2 Å². The van der Waals surface area contributed by atoms with Gasteiger partial charge in [-0.1, -0.05) is 37.3 Å². The van der Waals surface area contributed by atoms with E-state index in [1.165, 1.54) is 4.90 Å². The zero-order chi connectivity index (χ0) is 20.0. The maximum atomic E-state index is 12.5. The maximum absolute atomic E-state index is 12.5. The van der Waals surface area contributed by atoms with Crippen LogP contribution in [0.2, 0.25) is 0 Å². The maximum Gasteiger partial charge on any atom is 0.254 e. The first-order valence-electron chi connectivity index (χ1n) is 8.59. The minimum absolute atomic E-state index is 0.0729. The fourth-order valence-electron chi connectivity index (χ4n) is 2.69. The van der Waals surface area contributed by atoms with E-state index in [0.29, 0.717) is 11.1 Å². The topological polar surface area (TPSA) is 83.6 Å². The van der Waals surface area contributed by atoms with Crippen molar-refractivity contribution in [2.24, 2.45) is 0 Å². The molecule has 1 N–H and O–H groups in total. The van der Waals surface area contributed by atoms with E-state index in [4.69, 9.17) is 0 Å². The number of para-hydroxylation sites is 1. The number of amides is 2. The summed E-state index contributed by atoms with van der Waals surface area (Å²) in [6.45, 7) is 1.93. The van der Waals surface area contributed by atoms with Crippen molar-refractivity contribution < 1.29 is 18.0 Å². The van der Waals surface area contributed by atoms with Crippen LogP contribution in [0.1, 0.15) is 28.4 Å². The van der Waals surface area contributed by atoms with Crippen LogP contribution in [0.25, 0.3) is 0 Å². The molecule has 2 aromatic carbocycles. The molecule has 27 heavy (non-hydrogen) atoms. The second-order valence-electron chi connectivity index (χ2n) is 6.49. The van der Waals surface area contributed by atoms with Gasteiger partial charge in [-0.15, -0.1) is 0 Å². The van der Waals surface area contributed by atoms with Crippen LogP contribution < -0.4 is 5.32 Å². The molecule has 0 aliphatic rings. The van der Waals surface area contributed by atoms with Gasteiger partial charge in [0.05, 0.1) is 12.3 Å². The van der Waals surface area contributed by atoms with Gasteiger partial charge in [0.25, 0.3) is 5.91 Å². The van der Waals surface area contributed by atoms with Gasteiger partial charge >= 0.3 is 0 Å². The lowest BCUT2D eigenvalue weighted by Crippen LogP contribution is -2.35. The Balaban J connectivity index is 1.99. The van der Waals surface area contributed by atoms with Crippen LogP contribution in [0.15, 0.2) is 48.5 Å². The van der Waals surface area contributed by atoms with Gasteiger partial charge in [0.15, 0.2) is 9.84 Å². The quantitative estimate of drug-likeness (QED) is 0.790. The van der Waals surface area contributed by atoms with Crippen LogP contribution >= 0.6 is 0 Å². The van der Waals surface area contributed by atoms with Gasteiger partial charge in [-0.05, 0) is 35.7 Å². The highest BCUT2D eigenvalue weighted by Gasteiger charge is 2.16. The first kappa shape index (κ1) is 20.6. The summed E-state index contributed by atoms with van der Waals surface area (Å²) < 4.78 is 22.7. The van der Waals surface area contributed by atoms with Gasteiger partial charge in [0, 0.05) is 24.6 Å². The molecule has 2 rings (SSSR count). The number of carbonyl (C=O) groups excluding carboxylic acids is 2. The van der Waals surface area contributed by atoms with Crippen molar-refractivity contribution in [1.82, 2.24) is 4.90 Å². The molecule has 2 aromatic rings. The van der Waals surface area contributed by atoms with Gasteiger partial charge in [-0.3, -0.25) is 9.59 Å². The minimum Gasteiger partial charge on any atom is -0.332 e. The predicted molar refractivity (Wildman–Crippen MR) is 106 cm³/mol. The summed E-state index contributed by atoms with van der Waals surface area (Å²) in [7, 11) is -1.57. The summed E-state index contributed by atoms with van der Waals surface area (Å²) in [4.78, 5) is 26.1. The molecular weight excluding hydrogens is 364 g/mol. The lowest BCUT2D eigenvalue weighted by molar-refractivity contribution is -0.116. The molecule has 0 aromatic heterocycles. The lowest BCUT2D eigenvalue weighted by Gasteiger charge is -2.18. The Morgan fingerprint density at radius 3 is 2.26 bits per heavy atom. The molecule has 0 saturated carbocycles. The van der Waals surface area contributed by atoms with Crippen molar-refractivity contribution in [2.45, 2.75) is 19.1 Å². The van der Waals surface area contributed by atoms with Crippen molar-refractivity contribution in [2.75, 3.05) is 25.2 Å². The third-order valence-electron chi connectivity index (χ3n) is 4.03. The van der Waals surface area contributed by atoms with Crippen LogP contribution in [-0.2, 0) is 26.8 Å². The van der Waals surface area contributed by atoms with E-state index in [0.717, 1.165) is 23.9 Å². The Hall–Kier alpha value is -2.67. The molecule has 0 atom stereocenters. The van der Waals surface area contributed by atoms with E-state index < -0.39 is 9.84 Å². The number of aryl methyl sites for hydroxylation is 1. The number of likely N-dealkylation sites (N-methyl/N-ethyl adjacent to an activating group) is 1. The predicted octanol–water partition coefficient (Wildman–Crippen LogP) is 2.50. The largest absolute Gasteiger partial charge is 0.332 e. The first-order valence-corrected chi connectivity index (χ1v) is 10.7. The number of benzene rings is 2. The molecule has 0 aliphatic heterocycles. The number of hydrogen-bond acceptors (Lipinski definition) is 4. The van der Waals surface area contributed by atoms with Crippen molar-refractivity contribution >= 4 is 27.3 Å². The molecular formula is C20H24N2O4S. The molecule has 0 spiro atoms. The summed E-state index contributed by atoms with van der Waals surface area (Å²) in [6, 6.07) is 13.9. The number of anilines is 1. The summed E-state index contributed by atoms with van der Waals surface area (Å²) in [6.07, 6.45) is 1.96. The molecule has 0 saturated heterocycles. The number of carbonyl (C=O) groups is 2. The van der Waals surface area contributed by atoms with Crippen molar-refractivity contribution in [3.8, 4) is 0 Å². The van der Waals surface area contributed by atoms with Gasteiger partial charge in [-0.25, -0.2) is 8.42 Å². The molecule has 0 bridgehead atoms. The molecule has 0 aliphatic carbocycles. The number of hydrogen-bond donors (Lipinski definition) is 1. The Bertz CT molecular complexity index is 921. The van der Waals surface area contributed by atoms with Crippen molar-refractivity contribution in [3.05, 3.63) is 65.2 Å². The molecule has 144 valence electrons. The van der Waals surface area contributed by atoms with E-state index in [1.54, 1.807) is 31.3 Å². The summed E-state index contributed by atoms with van der Waals surface area (Å²) in [5.74, 6) is -0.656. The molecule has 2 amide bonds. The smallest absolute Gasteiger partial charge is 0.254 e. The van der Waals surface area contributed by atoms with E-state index in [9.17, 15) is 18.0 Å². The van der Waals surface area contributed by atoms with Crippen molar-refractivity contribution in [3.63, 3.8) is 0 Å². The highest BCUT2D eigenvalue weighted by Crippen LogP contribution is 2.15. The summed E-state index contributed by atoms with van der Waals surface area (Å²) >= 11 is 0. The van der Waals surface area contributed by atoms with Crippen LogP contribution in [0.3, 0.4) is 0 Å². The Morgan fingerprint density at radius 2 is 1.67 bits per heavy atom. The van der Waals surface area contributed by atoms with Crippen LogP contribution in [0.5, 0.6) is 0 Å². The molecule has 0 radical (unpaired) electrons. The molecule has 0 fully saturated rings. The highest BCUT2D eigenvalue weighted by atomic mass is 32.2. The van der Waals surface area contributed by atoms with E-state index in [-0.39, 0.29) is 24.1 Å². The average Bonchev–Trinajstić information content (AvgIpc) is 2.60. The molecule has 7 heteroatoms. The van der Waals surface area contributed by atoms with Crippen LogP contribution in [0, 0.1) is 0 Å². The number of rotatable bonds is 7. The second kappa shape index (κ2) is 8.81. The number of nitrogens with zero attached hydrogens (tertiary/aromatic N) is 1. The van der Waals surface area contributed by atoms with Gasteiger partial charge in [0.1, 0.15) is 0 Å². The third-order valence-corrected chi connectivity index (χ3v) is 4.89. The zero-order valence-corrected chi connectivity index (χ0v) is 16.5. The van der Waals surface area contributed by atoms with Crippen LogP contribution in [-0.4, -0.2) is 45.0 Å². The minimum atomic E-state index is -3.13. The average molecular weight is 388 g/mol. The van der Waals surface area contributed by atoms with Crippen LogP contribution in [0.4, 0.5) is 5.69 Å². The Kier molecular flexibility index (Phi) is 6.74. The highest BCUT2D eigenvalue weighted by molar-refractivity contribution is 7.89. The third kappa shape index (κ3) is 6.21. The van der Waals surface area contributed by atoms with E-state index in [2.05, 4.69) is 5.32 Å². The second-order valence-corrected chi connectivity index (χ2v) is 8.63. The van der Waals surface area contributed by atoms with E-state index >= 15 is 0 Å². The van der Waals surface area contributed by atoms with Crippen molar-refractivity contribution in [1.29, 1.82) is 0 Å². The number of nitrogens with one attached hydrogen (secondary N) is 1. The zero-order valence-electron chi connectivity index (χ0n) is 15.7. The summed E-state index contributed by atoms with van der Waals surface area (Å²) in [5.41, 5.74) is 2.79. The fraction of sp³-hybridized carbons (Fsp3) is 0.300. The molecule has 0 heterocycles. The first-order chi connectivity index (χ1) is 12.7.